The molecule has 0 saturated heterocycles. The van der Waals surface area contributed by atoms with Crippen molar-refractivity contribution in [3.63, 3.8) is 0 Å². The molecule has 0 bridgehead atoms. The summed E-state index contributed by atoms with van der Waals surface area (Å²) in [6.07, 6.45) is 8.12. The van der Waals surface area contributed by atoms with Gasteiger partial charge in [0.1, 0.15) is 0 Å². The predicted octanol–water partition coefficient (Wildman–Crippen LogP) is 2.66. The van der Waals surface area contributed by atoms with Gasteiger partial charge in [0.15, 0.2) is 0 Å². The van der Waals surface area contributed by atoms with Crippen LogP contribution in [0.25, 0.3) is 0 Å². The van der Waals surface area contributed by atoms with Gasteiger partial charge in [0.25, 0.3) is 0 Å². The molecule has 0 aromatic carbocycles. The molecule has 3 nitrogen and oxygen atoms in total. The summed E-state index contributed by atoms with van der Waals surface area (Å²) < 4.78 is 5.28. The molecular formula is C16H32N2O. The van der Waals surface area contributed by atoms with Crippen LogP contribution < -0.4 is 5.32 Å². The van der Waals surface area contributed by atoms with Crippen LogP contribution in [0.2, 0.25) is 0 Å². The summed E-state index contributed by atoms with van der Waals surface area (Å²) in [7, 11) is 1.81. The zero-order chi connectivity index (χ0) is 13.7. The second kappa shape index (κ2) is 7.05. The summed E-state index contributed by atoms with van der Waals surface area (Å²) in [5.41, 5.74) is 0.457. The highest BCUT2D eigenvalue weighted by Crippen LogP contribution is 2.34. The van der Waals surface area contributed by atoms with Crippen LogP contribution in [0, 0.1) is 5.41 Å². The Morgan fingerprint density at radius 1 is 1.16 bits per heavy atom. The SMILES string of the molecule is CCC(CC)(CNC1CC1)CN(CCOC)C1CC1. The Hall–Kier alpha value is -0.120. The Kier molecular flexibility index (Phi) is 5.67. The van der Waals surface area contributed by atoms with Gasteiger partial charge in [-0.3, -0.25) is 4.90 Å². The Morgan fingerprint density at radius 3 is 2.32 bits per heavy atom. The van der Waals surface area contributed by atoms with Gasteiger partial charge in [0.2, 0.25) is 0 Å². The molecule has 112 valence electrons. The van der Waals surface area contributed by atoms with E-state index in [9.17, 15) is 0 Å². The molecule has 2 aliphatic rings. The van der Waals surface area contributed by atoms with E-state index in [1.807, 2.05) is 7.11 Å². The lowest BCUT2D eigenvalue weighted by Gasteiger charge is -2.38. The molecule has 2 rings (SSSR count). The average Bonchev–Trinajstić information content (AvgIpc) is 3.31. The van der Waals surface area contributed by atoms with E-state index in [2.05, 4.69) is 24.1 Å². The van der Waals surface area contributed by atoms with E-state index >= 15 is 0 Å². The van der Waals surface area contributed by atoms with Crippen molar-refractivity contribution in [1.29, 1.82) is 0 Å². The molecule has 0 spiro atoms. The minimum atomic E-state index is 0.457. The Balaban J connectivity index is 1.87. The summed E-state index contributed by atoms with van der Waals surface area (Å²) in [6, 6.07) is 1.67. The zero-order valence-electron chi connectivity index (χ0n) is 13.1. The minimum Gasteiger partial charge on any atom is -0.383 e. The van der Waals surface area contributed by atoms with Crippen LogP contribution >= 0.6 is 0 Å². The first-order chi connectivity index (χ1) is 9.23. The molecule has 1 N–H and O–H groups in total. The molecule has 0 heterocycles. The highest BCUT2D eigenvalue weighted by Gasteiger charge is 2.36. The summed E-state index contributed by atoms with van der Waals surface area (Å²) >= 11 is 0. The molecular weight excluding hydrogens is 236 g/mol. The number of ether oxygens (including phenoxy) is 1. The number of hydrogen-bond donors (Lipinski definition) is 1. The zero-order valence-corrected chi connectivity index (χ0v) is 13.1. The van der Waals surface area contributed by atoms with Gasteiger partial charge in [-0.15, -0.1) is 0 Å². The first-order valence-electron chi connectivity index (χ1n) is 8.19. The molecule has 3 heteroatoms. The van der Waals surface area contributed by atoms with Gasteiger partial charge in [0, 0.05) is 38.8 Å². The van der Waals surface area contributed by atoms with Gasteiger partial charge in [-0.2, -0.15) is 0 Å². The first-order valence-corrected chi connectivity index (χ1v) is 8.19. The third kappa shape index (κ3) is 4.73. The van der Waals surface area contributed by atoms with Crippen LogP contribution in [0.3, 0.4) is 0 Å². The van der Waals surface area contributed by atoms with Crippen LogP contribution in [0.4, 0.5) is 0 Å². The van der Waals surface area contributed by atoms with Gasteiger partial charge in [-0.1, -0.05) is 13.8 Å². The first kappa shape index (κ1) is 15.3. The van der Waals surface area contributed by atoms with Crippen LogP contribution in [0.5, 0.6) is 0 Å². The maximum Gasteiger partial charge on any atom is 0.0589 e. The van der Waals surface area contributed by atoms with Gasteiger partial charge in [-0.05, 0) is 43.9 Å². The van der Waals surface area contributed by atoms with Crippen molar-refractivity contribution >= 4 is 0 Å². The van der Waals surface area contributed by atoms with Crippen molar-refractivity contribution in [1.82, 2.24) is 10.2 Å². The molecule has 0 unspecified atom stereocenters. The number of rotatable bonds is 11. The highest BCUT2D eigenvalue weighted by molar-refractivity contribution is 4.92. The number of nitrogens with one attached hydrogen (secondary N) is 1. The van der Waals surface area contributed by atoms with Crippen molar-refractivity contribution in [3.05, 3.63) is 0 Å². The molecule has 2 aliphatic carbocycles. The predicted molar refractivity (Wildman–Crippen MR) is 80.5 cm³/mol. The summed E-state index contributed by atoms with van der Waals surface area (Å²) in [5.74, 6) is 0. The van der Waals surface area contributed by atoms with Crippen molar-refractivity contribution in [2.45, 2.75) is 64.5 Å². The van der Waals surface area contributed by atoms with Crippen LogP contribution in [-0.2, 0) is 4.74 Å². The third-order valence-corrected chi connectivity index (χ3v) is 5.03. The number of hydrogen-bond acceptors (Lipinski definition) is 3. The normalized spacial score (nSPS) is 20.2. The Morgan fingerprint density at radius 2 is 1.84 bits per heavy atom. The summed E-state index contributed by atoms with van der Waals surface area (Å²) in [6.45, 7) is 9.13. The smallest absolute Gasteiger partial charge is 0.0589 e. The maximum atomic E-state index is 5.28. The van der Waals surface area contributed by atoms with E-state index in [1.54, 1.807) is 0 Å². The van der Waals surface area contributed by atoms with Crippen LogP contribution in [-0.4, -0.2) is 50.3 Å². The molecule has 0 amide bonds. The van der Waals surface area contributed by atoms with E-state index in [-0.39, 0.29) is 0 Å². The molecule has 0 aliphatic heterocycles. The second-order valence-corrected chi connectivity index (χ2v) is 6.56. The monoisotopic (exact) mass is 268 g/mol. The van der Waals surface area contributed by atoms with Crippen molar-refractivity contribution in [3.8, 4) is 0 Å². The fourth-order valence-electron chi connectivity index (χ4n) is 2.90. The molecule has 19 heavy (non-hydrogen) atoms. The van der Waals surface area contributed by atoms with Gasteiger partial charge >= 0.3 is 0 Å². The van der Waals surface area contributed by atoms with E-state index in [0.717, 1.165) is 25.2 Å². The molecule has 0 atom stereocenters. The van der Waals surface area contributed by atoms with Gasteiger partial charge in [-0.25, -0.2) is 0 Å². The fourth-order valence-corrected chi connectivity index (χ4v) is 2.90. The summed E-state index contributed by atoms with van der Waals surface area (Å²) in [4.78, 5) is 2.69. The summed E-state index contributed by atoms with van der Waals surface area (Å²) in [5, 5.41) is 3.76. The molecule has 0 radical (unpaired) electrons. The van der Waals surface area contributed by atoms with Gasteiger partial charge < -0.3 is 10.1 Å². The number of methoxy groups -OCH3 is 1. The Bertz CT molecular complexity index is 257. The molecule has 0 aromatic rings. The lowest BCUT2D eigenvalue weighted by Crippen LogP contribution is -2.45. The maximum absolute atomic E-state index is 5.28. The van der Waals surface area contributed by atoms with E-state index in [4.69, 9.17) is 4.74 Å². The lowest BCUT2D eigenvalue weighted by molar-refractivity contribution is 0.0923. The quantitative estimate of drug-likeness (QED) is 0.623. The van der Waals surface area contributed by atoms with Crippen LogP contribution in [0.15, 0.2) is 0 Å². The Labute approximate surface area is 119 Å². The number of nitrogens with zero attached hydrogens (tertiary/aromatic N) is 1. The molecule has 2 saturated carbocycles. The largest absolute Gasteiger partial charge is 0.383 e. The standard InChI is InChI=1S/C16H32N2O/c1-4-16(5-2,12-17-14-6-7-14)13-18(10-11-19-3)15-8-9-15/h14-15,17H,4-13H2,1-3H3. The lowest BCUT2D eigenvalue weighted by atomic mass is 9.81. The third-order valence-electron chi connectivity index (χ3n) is 5.03. The van der Waals surface area contributed by atoms with Crippen molar-refractivity contribution < 1.29 is 4.74 Å². The van der Waals surface area contributed by atoms with E-state index in [0.29, 0.717) is 5.41 Å². The van der Waals surface area contributed by atoms with E-state index in [1.165, 1.54) is 51.6 Å². The topological polar surface area (TPSA) is 24.5 Å². The fraction of sp³-hybridized carbons (Fsp3) is 1.00. The van der Waals surface area contributed by atoms with E-state index < -0.39 is 0 Å². The van der Waals surface area contributed by atoms with Crippen molar-refractivity contribution in [2.75, 3.05) is 33.4 Å². The minimum absolute atomic E-state index is 0.457. The van der Waals surface area contributed by atoms with Gasteiger partial charge in [0.05, 0.1) is 6.61 Å². The molecule has 2 fully saturated rings. The van der Waals surface area contributed by atoms with Crippen LogP contribution in [0.1, 0.15) is 52.4 Å². The average molecular weight is 268 g/mol. The second-order valence-electron chi connectivity index (χ2n) is 6.56. The highest BCUT2D eigenvalue weighted by atomic mass is 16.5. The van der Waals surface area contributed by atoms with Crippen molar-refractivity contribution in [2.24, 2.45) is 5.41 Å². The molecule has 0 aromatic heterocycles.